The van der Waals surface area contributed by atoms with Gasteiger partial charge in [-0.25, -0.2) is 0 Å². The van der Waals surface area contributed by atoms with Crippen molar-refractivity contribution in [1.82, 2.24) is 5.32 Å². The first-order chi connectivity index (χ1) is 9.58. The van der Waals surface area contributed by atoms with Crippen LogP contribution in [0.4, 0.5) is 5.69 Å². The van der Waals surface area contributed by atoms with E-state index in [-0.39, 0.29) is 18.9 Å². The summed E-state index contributed by atoms with van der Waals surface area (Å²) in [7, 11) is 0. The third kappa shape index (κ3) is 7.53. The number of carbonyl (C=O) groups is 2. The number of carboxylic acid groups (broad SMARTS) is 1. The highest BCUT2D eigenvalue weighted by Crippen LogP contribution is 2.09. The lowest BCUT2D eigenvalue weighted by atomic mass is 10.0. The molecule has 0 fully saturated rings. The molecule has 0 aliphatic heterocycles. The minimum atomic E-state index is -0.757. The zero-order valence-corrected chi connectivity index (χ0v) is 11.8. The Balaban J connectivity index is 2.09. The smallest absolute Gasteiger partial charge is 0.303 e. The van der Waals surface area contributed by atoms with E-state index in [1.54, 1.807) is 0 Å². The minimum Gasteiger partial charge on any atom is -0.481 e. The van der Waals surface area contributed by atoms with Gasteiger partial charge in [0.15, 0.2) is 0 Å². The molecule has 3 N–H and O–H groups in total. The summed E-state index contributed by atoms with van der Waals surface area (Å²) in [5.41, 5.74) is 0.786. The van der Waals surface area contributed by atoms with Gasteiger partial charge in [0.05, 0.1) is 6.54 Å². The second-order valence-electron chi connectivity index (χ2n) is 4.92. The number of rotatable bonds is 9. The Labute approximate surface area is 119 Å². The van der Waals surface area contributed by atoms with Gasteiger partial charge in [0.2, 0.25) is 5.91 Å². The Morgan fingerprint density at radius 3 is 2.55 bits per heavy atom. The van der Waals surface area contributed by atoms with Crippen molar-refractivity contribution in [3.05, 3.63) is 30.3 Å². The van der Waals surface area contributed by atoms with Crippen molar-refractivity contribution in [2.75, 3.05) is 18.4 Å². The van der Waals surface area contributed by atoms with Gasteiger partial charge in [-0.05, 0) is 37.4 Å². The topological polar surface area (TPSA) is 78.4 Å². The van der Waals surface area contributed by atoms with Crippen LogP contribution in [-0.2, 0) is 9.59 Å². The summed E-state index contributed by atoms with van der Waals surface area (Å²) in [6.45, 7) is 3.00. The van der Waals surface area contributed by atoms with Crippen LogP contribution in [0, 0.1) is 5.92 Å². The molecular formula is C15H22N2O3. The Hall–Kier alpha value is -1.88. The first-order valence-electron chi connectivity index (χ1n) is 6.85. The van der Waals surface area contributed by atoms with Crippen LogP contribution in [0.1, 0.15) is 26.2 Å². The van der Waals surface area contributed by atoms with Gasteiger partial charge in [-0.15, -0.1) is 0 Å². The van der Waals surface area contributed by atoms with Crippen molar-refractivity contribution in [2.24, 2.45) is 5.92 Å². The summed E-state index contributed by atoms with van der Waals surface area (Å²) >= 11 is 0. The number of nitrogens with one attached hydrogen (secondary N) is 2. The second-order valence-corrected chi connectivity index (χ2v) is 4.92. The molecule has 0 saturated carbocycles. The predicted molar refractivity (Wildman–Crippen MR) is 78.6 cm³/mol. The molecule has 0 heterocycles. The monoisotopic (exact) mass is 278 g/mol. The molecule has 1 atom stereocenters. The van der Waals surface area contributed by atoms with E-state index in [1.165, 1.54) is 0 Å². The Kier molecular flexibility index (Phi) is 7.35. The fourth-order valence-corrected chi connectivity index (χ4v) is 1.79. The maximum absolute atomic E-state index is 11.6. The molecule has 0 aromatic heterocycles. The van der Waals surface area contributed by atoms with Gasteiger partial charge in [0.1, 0.15) is 0 Å². The molecule has 0 bridgehead atoms. The number of hydrogen-bond donors (Lipinski definition) is 3. The van der Waals surface area contributed by atoms with E-state index in [0.717, 1.165) is 12.1 Å². The van der Waals surface area contributed by atoms with E-state index in [9.17, 15) is 9.59 Å². The minimum absolute atomic E-state index is 0.0746. The van der Waals surface area contributed by atoms with Gasteiger partial charge >= 0.3 is 5.97 Å². The molecule has 0 saturated heterocycles. The van der Waals surface area contributed by atoms with Gasteiger partial charge in [-0.2, -0.15) is 0 Å². The number of carbonyl (C=O) groups excluding carboxylic acids is 1. The molecule has 5 heteroatoms. The molecule has 1 aromatic carbocycles. The van der Waals surface area contributed by atoms with Crippen LogP contribution in [0.3, 0.4) is 0 Å². The van der Waals surface area contributed by atoms with Crippen molar-refractivity contribution in [1.29, 1.82) is 0 Å². The highest BCUT2D eigenvalue weighted by atomic mass is 16.4. The lowest BCUT2D eigenvalue weighted by Crippen LogP contribution is -2.29. The Morgan fingerprint density at radius 2 is 1.90 bits per heavy atom. The third-order valence-corrected chi connectivity index (χ3v) is 3.01. The molecule has 1 rings (SSSR count). The largest absolute Gasteiger partial charge is 0.481 e. The van der Waals surface area contributed by atoms with Crippen molar-refractivity contribution in [3.63, 3.8) is 0 Å². The van der Waals surface area contributed by atoms with Crippen molar-refractivity contribution < 1.29 is 14.7 Å². The third-order valence-electron chi connectivity index (χ3n) is 3.01. The van der Waals surface area contributed by atoms with E-state index >= 15 is 0 Å². The lowest BCUT2D eigenvalue weighted by Gasteiger charge is -2.10. The molecule has 110 valence electrons. The van der Waals surface area contributed by atoms with Gasteiger partial charge in [-0.3, -0.25) is 9.59 Å². The molecule has 5 nitrogen and oxygen atoms in total. The predicted octanol–water partition coefficient (Wildman–Crippen LogP) is 2.11. The van der Waals surface area contributed by atoms with Crippen LogP contribution in [0.15, 0.2) is 30.3 Å². The van der Waals surface area contributed by atoms with Crippen LogP contribution < -0.4 is 10.6 Å². The molecule has 1 aromatic rings. The number of hydrogen-bond acceptors (Lipinski definition) is 3. The molecule has 0 radical (unpaired) electrons. The van der Waals surface area contributed by atoms with Crippen LogP contribution in [0.2, 0.25) is 0 Å². The maximum atomic E-state index is 11.6. The highest BCUT2D eigenvalue weighted by Gasteiger charge is 2.06. The first-order valence-corrected chi connectivity index (χ1v) is 6.85. The zero-order chi connectivity index (χ0) is 14.8. The van der Waals surface area contributed by atoms with Gasteiger partial charge in [0.25, 0.3) is 0 Å². The SMILES string of the molecule is CC(CCNCC(=O)Nc1ccccc1)CCC(=O)O. The van der Waals surface area contributed by atoms with Crippen molar-refractivity contribution >= 4 is 17.6 Å². The average molecular weight is 278 g/mol. The van der Waals surface area contributed by atoms with Crippen LogP contribution >= 0.6 is 0 Å². The molecule has 1 amide bonds. The zero-order valence-electron chi connectivity index (χ0n) is 11.8. The van der Waals surface area contributed by atoms with E-state index < -0.39 is 5.97 Å². The molecule has 0 aliphatic rings. The van der Waals surface area contributed by atoms with Crippen molar-refractivity contribution in [3.8, 4) is 0 Å². The Bertz CT molecular complexity index is 420. The van der Waals surface area contributed by atoms with Crippen LogP contribution in [0.25, 0.3) is 0 Å². The van der Waals surface area contributed by atoms with Gasteiger partial charge < -0.3 is 15.7 Å². The quantitative estimate of drug-likeness (QED) is 0.604. The summed E-state index contributed by atoms with van der Waals surface area (Å²) in [5, 5.41) is 14.4. The fraction of sp³-hybridized carbons (Fsp3) is 0.467. The average Bonchev–Trinajstić information content (AvgIpc) is 2.42. The Morgan fingerprint density at radius 1 is 1.20 bits per heavy atom. The molecule has 20 heavy (non-hydrogen) atoms. The van der Waals surface area contributed by atoms with Gasteiger partial charge in [-0.1, -0.05) is 25.1 Å². The normalized spacial score (nSPS) is 11.8. The lowest BCUT2D eigenvalue weighted by molar-refractivity contribution is -0.137. The summed E-state index contributed by atoms with van der Waals surface area (Å²) in [6, 6.07) is 9.31. The number of para-hydroxylation sites is 1. The second kappa shape index (κ2) is 9.09. The van der Waals surface area contributed by atoms with Crippen LogP contribution in [-0.4, -0.2) is 30.1 Å². The highest BCUT2D eigenvalue weighted by molar-refractivity contribution is 5.92. The number of benzene rings is 1. The molecule has 0 spiro atoms. The molecular weight excluding hydrogens is 256 g/mol. The van der Waals surface area contributed by atoms with E-state index in [4.69, 9.17) is 5.11 Å². The first kappa shape index (κ1) is 16.2. The standard InChI is InChI=1S/C15H22N2O3/c1-12(7-8-15(19)20)9-10-16-11-14(18)17-13-5-3-2-4-6-13/h2-6,12,16H,7-11H2,1H3,(H,17,18)(H,19,20). The number of amides is 1. The van der Waals surface area contributed by atoms with E-state index in [1.807, 2.05) is 37.3 Å². The van der Waals surface area contributed by atoms with E-state index in [0.29, 0.717) is 18.9 Å². The van der Waals surface area contributed by atoms with E-state index in [2.05, 4.69) is 10.6 Å². The van der Waals surface area contributed by atoms with Crippen molar-refractivity contribution in [2.45, 2.75) is 26.2 Å². The number of anilines is 1. The summed E-state index contributed by atoms with van der Waals surface area (Å²) < 4.78 is 0. The molecule has 1 unspecified atom stereocenters. The summed E-state index contributed by atoms with van der Waals surface area (Å²) in [4.78, 5) is 22.0. The molecule has 0 aliphatic carbocycles. The van der Waals surface area contributed by atoms with Crippen LogP contribution in [0.5, 0.6) is 0 Å². The van der Waals surface area contributed by atoms with Gasteiger partial charge in [0, 0.05) is 12.1 Å². The number of carboxylic acids is 1. The summed E-state index contributed by atoms with van der Waals surface area (Å²) in [6.07, 6.45) is 1.74. The fourth-order valence-electron chi connectivity index (χ4n) is 1.79. The maximum Gasteiger partial charge on any atom is 0.303 e. The number of aliphatic carboxylic acids is 1. The summed E-state index contributed by atoms with van der Waals surface area (Å²) in [5.74, 6) is -0.489.